The third kappa shape index (κ3) is 8.60. The van der Waals surface area contributed by atoms with Gasteiger partial charge in [-0.15, -0.1) is 0 Å². The van der Waals surface area contributed by atoms with Crippen LogP contribution in [0.15, 0.2) is 23.1 Å². The largest absolute Gasteiger partial charge is 0.480 e. The monoisotopic (exact) mass is 476 g/mol. The Balaban J connectivity index is 3.35. The van der Waals surface area contributed by atoms with Gasteiger partial charge in [0.15, 0.2) is 5.12 Å². The third-order valence-electron chi connectivity index (χ3n) is 3.79. The number of non-ortho nitro benzene ring substituents is 1. The summed E-state index contributed by atoms with van der Waals surface area (Å²) in [5, 5.41) is 22.8. The number of carboxylic acids is 1. The molecule has 0 radical (unpaired) electrons. The van der Waals surface area contributed by atoms with Gasteiger partial charge in [0, 0.05) is 17.5 Å². The number of carbonyl (C=O) groups excluding carboxylic acids is 1. The first-order valence-electron chi connectivity index (χ1n) is 9.64. The zero-order valence-electron chi connectivity index (χ0n) is 18.4. The van der Waals surface area contributed by atoms with E-state index in [4.69, 9.17) is 9.05 Å². The van der Waals surface area contributed by atoms with Gasteiger partial charge >= 0.3 is 13.7 Å². The standard InChI is InChI=1S/C19H29N2O8PS/c1-7-28-30(27,20-14(17(22)23)10-12(2)3)29-15-9-8-13(21(25)26)11-16(15)31-18(24)19(4,5)6/h8-9,11-12,14H,7,10H2,1-6H3,(H,20,27)(H,22,23)/t14-,30?/m0/s1. The summed E-state index contributed by atoms with van der Waals surface area (Å²) in [6, 6.07) is 2.29. The Morgan fingerprint density at radius 3 is 2.39 bits per heavy atom. The lowest BCUT2D eigenvalue weighted by Gasteiger charge is -2.25. The predicted octanol–water partition coefficient (Wildman–Crippen LogP) is 4.87. The van der Waals surface area contributed by atoms with Crippen molar-refractivity contribution in [2.45, 2.75) is 58.9 Å². The van der Waals surface area contributed by atoms with Crippen LogP contribution in [-0.2, 0) is 18.7 Å². The van der Waals surface area contributed by atoms with Gasteiger partial charge in [0.05, 0.1) is 16.4 Å². The number of rotatable bonds is 11. The molecule has 0 fully saturated rings. The van der Waals surface area contributed by atoms with E-state index in [9.17, 15) is 29.4 Å². The van der Waals surface area contributed by atoms with Crippen molar-refractivity contribution in [3.8, 4) is 5.75 Å². The predicted molar refractivity (Wildman–Crippen MR) is 117 cm³/mol. The second-order valence-corrected chi connectivity index (χ2v) is 10.9. The number of hydrogen-bond donors (Lipinski definition) is 2. The quantitative estimate of drug-likeness (QED) is 0.196. The first kappa shape index (κ1) is 27.1. The fourth-order valence-electron chi connectivity index (χ4n) is 2.28. The summed E-state index contributed by atoms with van der Waals surface area (Å²) in [6.45, 7) is 10.2. The van der Waals surface area contributed by atoms with Crippen LogP contribution in [0, 0.1) is 21.4 Å². The minimum absolute atomic E-state index is 0.0152. The molecule has 2 N–H and O–H groups in total. The maximum atomic E-state index is 13.3. The highest BCUT2D eigenvalue weighted by atomic mass is 32.2. The Hall–Kier alpha value is -1.94. The molecule has 12 heteroatoms. The molecule has 1 rings (SSSR count). The highest BCUT2D eigenvalue weighted by molar-refractivity contribution is 8.13. The van der Waals surface area contributed by atoms with E-state index in [1.54, 1.807) is 27.7 Å². The van der Waals surface area contributed by atoms with E-state index in [-0.39, 0.29) is 40.4 Å². The molecule has 1 aromatic carbocycles. The number of carboxylic acid groups (broad SMARTS) is 1. The van der Waals surface area contributed by atoms with E-state index in [2.05, 4.69) is 5.09 Å². The van der Waals surface area contributed by atoms with Crippen LogP contribution in [0.3, 0.4) is 0 Å². The highest BCUT2D eigenvalue weighted by Crippen LogP contribution is 2.49. The first-order chi connectivity index (χ1) is 14.2. The molecular formula is C19H29N2O8PS. The number of hydrogen-bond acceptors (Lipinski definition) is 8. The number of nitrogens with zero attached hydrogens (tertiary/aromatic N) is 1. The summed E-state index contributed by atoms with van der Waals surface area (Å²) < 4.78 is 24.1. The molecule has 0 amide bonds. The molecule has 0 bridgehead atoms. The second-order valence-electron chi connectivity index (χ2n) is 8.18. The number of aliphatic carboxylic acids is 1. The number of benzene rings is 1. The smallest absolute Gasteiger partial charge is 0.459 e. The van der Waals surface area contributed by atoms with Crippen LogP contribution >= 0.6 is 19.5 Å². The van der Waals surface area contributed by atoms with Gasteiger partial charge in [-0.2, -0.15) is 5.09 Å². The van der Waals surface area contributed by atoms with Crippen LogP contribution in [0.2, 0.25) is 0 Å². The number of nitro groups is 1. The molecule has 0 spiro atoms. The average molecular weight is 476 g/mol. The minimum Gasteiger partial charge on any atom is -0.480 e. The second kappa shape index (κ2) is 11.1. The molecule has 0 heterocycles. The van der Waals surface area contributed by atoms with Gasteiger partial charge in [-0.3, -0.25) is 24.2 Å². The topological polar surface area (TPSA) is 145 Å². The summed E-state index contributed by atoms with van der Waals surface area (Å²) in [6.07, 6.45) is 0.167. The van der Waals surface area contributed by atoms with Crippen LogP contribution < -0.4 is 9.61 Å². The van der Waals surface area contributed by atoms with E-state index < -0.39 is 30.1 Å². The first-order valence-corrected chi connectivity index (χ1v) is 12.0. The van der Waals surface area contributed by atoms with Gasteiger partial charge in [0.1, 0.15) is 11.8 Å². The number of thioether (sulfide) groups is 1. The molecular weight excluding hydrogens is 447 g/mol. The normalized spacial score (nSPS) is 14.7. The number of nitrogens with one attached hydrogen (secondary N) is 1. The molecule has 0 saturated heterocycles. The van der Waals surface area contributed by atoms with Crippen molar-refractivity contribution in [1.82, 2.24) is 5.09 Å². The summed E-state index contributed by atoms with van der Waals surface area (Å²) in [7, 11) is -4.18. The van der Waals surface area contributed by atoms with Gasteiger partial charge in [-0.25, -0.2) is 4.57 Å². The van der Waals surface area contributed by atoms with Crippen LogP contribution in [-0.4, -0.2) is 33.8 Å². The van der Waals surface area contributed by atoms with Crippen molar-refractivity contribution in [2.24, 2.45) is 11.3 Å². The molecule has 31 heavy (non-hydrogen) atoms. The van der Waals surface area contributed by atoms with Crippen LogP contribution in [0.25, 0.3) is 0 Å². The fourth-order valence-corrected chi connectivity index (χ4v) is 4.77. The lowest BCUT2D eigenvalue weighted by Crippen LogP contribution is -2.37. The van der Waals surface area contributed by atoms with Gasteiger partial charge < -0.3 is 9.63 Å². The van der Waals surface area contributed by atoms with Crippen molar-refractivity contribution in [2.75, 3.05) is 6.61 Å². The Morgan fingerprint density at radius 2 is 1.94 bits per heavy atom. The van der Waals surface area contributed by atoms with Crippen LogP contribution in [0.1, 0.15) is 48.0 Å². The lowest BCUT2D eigenvalue weighted by atomic mass is 10.00. The average Bonchev–Trinajstić information content (AvgIpc) is 2.61. The molecule has 174 valence electrons. The van der Waals surface area contributed by atoms with E-state index in [1.807, 2.05) is 13.8 Å². The highest BCUT2D eigenvalue weighted by Gasteiger charge is 2.35. The Kier molecular flexibility index (Phi) is 9.69. The zero-order valence-corrected chi connectivity index (χ0v) is 20.1. The molecule has 2 atom stereocenters. The Bertz CT molecular complexity index is 869. The van der Waals surface area contributed by atoms with Crippen molar-refractivity contribution in [1.29, 1.82) is 0 Å². The third-order valence-corrected chi connectivity index (χ3v) is 6.79. The van der Waals surface area contributed by atoms with Crippen molar-refractivity contribution >= 4 is 36.3 Å². The van der Waals surface area contributed by atoms with E-state index >= 15 is 0 Å². The SMILES string of the molecule is CCOP(=O)(N[C@@H](CC(C)C)C(=O)O)Oc1ccc([N+](=O)[O-])cc1SC(=O)C(C)(C)C. The molecule has 10 nitrogen and oxygen atoms in total. The van der Waals surface area contributed by atoms with Crippen LogP contribution in [0.4, 0.5) is 5.69 Å². The molecule has 1 aromatic rings. The molecule has 0 aromatic heterocycles. The molecule has 0 aliphatic carbocycles. The Morgan fingerprint density at radius 1 is 1.32 bits per heavy atom. The maximum Gasteiger partial charge on any atom is 0.459 e. The molecule has 0 aliphatic heterocycles. The summed E-state index contributed by atoms with van der Waals surface area (Å²) in [5.74, 6) is -1.33. The maximum absolute atomic E-state index is 13.3. The number of carbonyl (C=O) groups is 2. The van der Waals surface area contributed by atoms with Crippen molar-refractivity contribution in [3.05, 3.63) is 28.3 Å². The summed E-state index contributed by atoms with van der Waals surface area (Å²) >= 11 is 0.714. The van der Waals surface area contributed by atoms with Crippen molar-refractivity contribution in [3.63, 3.8) is 0 Å². The fraction of sp³-hybridized carbons (Fsp3) is 0.579. The molecule has 0 aliphatic rings. The van der Waals surface area contributed by atoms with Gasteiger partial charge in [0.25, 0.3) is 5.69 Å². The van der Waals surface area contributed by atoms with Gasteiger partial charge in [0.2, 0.25) is 0 Å². The van der Waals surface area contributed by atoms with Gasteiger partial charge in [-0.05, 0) is 37.1 Å². The minimum atomic E-state index is -4.18. The Labute approximate surface area is 185 Å². The summed E-state index contributed by atoms with van der Waals surface area (Å²) in [4.78, 5) is 34.7. The van der Waals surface area contributed by atoms with E-state index in [1.165, 1.54) is 6.07 Å². The summed E-state index contributed by atoms with van der Waals surface area (Å²) in [5.41, 5.74) is -1.03. The molecule has 1 unspecified atom stereocenters. The number of nitro benzene ring substituents is 1. The zero-order chi connectivity index (χ0) is 24.0. The molecule has 0 saturated carbocycles. The van der Waals surface area contributed by atoms with E-state index in [0.717, 1.165) is 12.1 Å². The van der Waals surface area contributed by atoms with Crippen molar-refractivity contribution < 1.29 is 33.2 Å². The lowest BCUT2D eigenvalue weighted by molar-refractivity contribution is -0.385. The van der Waals surface area contributed by atoms with Gasteiger partial charge in [-0.1, -0.05) is 34.6 Å². The van der Waals surface area contributed by atoms with E-state index in [0.29, 0.717) is 11.8 Å². The van der Waals surface area contributed by atoms with Crippen LogP contribution in [0.5, 0.6) is 5.75 Å².